The molecule has 0 bridgehead atoms. The number of carbonyl (C=O) groups is 2. The molecule has 0 aliphatic carbocycles. The van der Waals surface area contributed by atoms with Crippen molar-refractivity contribution < 1.29 is 23.5 Å². The summed E-state index contributed by atoms with van der Waals surface area (Å²) in [7, 11) is 0. The molecule has 2 aliphatic heterocycles. The molecule has 1 atom stereocenters. The highest BCUT2D eigenvalue weighted by atomic mass is 19.1. The van der Waals surface area contributed by atoms with Crippen LogP contribution in [0.25, 0.3) is 6.08 Å². The Kier molecular flexibility index (Phi) is 6.82. The number of nitrogens with one attached hydrogen (secondary N) is 1. The van der Waals surface area contributed by atoms with Gasteiger partial charge in [-0.25, -0.2) is 4.39 Å². The maximum absolute atomic E-state index is 13.0. The molecule has 8 heteroatoms. The second-order valence-electron chi connectivity index (χ2n) is 7.76. The Hall–Kier alpha value is -3.23. The van der Waals surface area contributed by atoms with Crippen molar-refractivity contribution in [3.8, 4) is 5.75 Å². The Morgan fingerprint density at radius 1 is 1.16 bits per heavy atom. The first-order valence-electron chi connectivity index (χ1n) is 10.7. The van der Waals surface area contributed by atoms with Crippen LogP contribution in [0.15, 0.2) is 48.5 Å². The lowest BCUT2D eigenvalue weighted by Crippen LogP contribution is -2.48. The van der Waals surface area contributed by atoms with E-state index in [9.17, 15) is 14.0 Å². The lowest BCUT2D eigenvalue weighted by Gasteiger charge is -2.35. The van der Waals surface area contributed by atoms with Crippen molar-refractivity contribution >= 4 is 29.3 Å². The summed E-state index contributed by atoms with van der Waals surface area (Å²) in [6.45, 7) is 6.09. The molecule has 1 saturated heterocycles. The van der Waals surface area contributed by atoms with Crippen molar-refractivity contribution in [1.29, 1.82) is 0 Å². The highest BCUT2D eigenvalue weighted by molar-refractivity contribution is 6.04. The molecule has 32 heavy (non-hydrogen) atoms. The Balaban J connectivity index is 1.46. The van der Waals surface area contributed by atoms with Gasteiger partial charge in [0.15, 0.2) is 6.10 Å². The van der Waals surface area contributed by atoms with Gasteiger partial charge in [0.05, 0.1) is 18.9 Å². The third kappa shape index (κ3) is 5.33. The number of hydrogen-bond acceptors (Lipinski definition) is 5. The highest BCUT2D eigenvalue weighted by Crippen LogP contribution is 2.36. The molecule has 2 heterocycles. The fourth-order valence-corrected chi connectivity index (χ4v) is 3.71. The Morgan fingerprint density at radius 3 is 2.66 bits per heavy atom. The zero-order valence-electron chi connectivity index (χ0n) is 17.9. The van der Waals surface area contributed by atoms with Crippen LogP contribution in [0.1, 0.15) is 12.5 Å². The molecular formula is C24H26FN3O4. The number of benzene rings is 2. The van der Waals surface area contributed by atoms with E-state index in [4.69, 9.17) is 9.47 Å². The van der Waals surface area contributed by atoms with Gasteiger partial charge in [-0.1, -0.05) is 12.1 Å². The fraction of sp³-hybridized carbons (Fsp3) is 0.333. The van der Waals surface area contributed by atoms with Gasteiger partial charge in [0, 0.05) is 37.9 Å². The molecule has 0 aromatic heterocycles. The van der Waals surface area contributed by atoms with Gasteiger partial charge in [-0.3, -0.25) is 14.5 Å². The third-order valence-corrected chi connectivity index (χ3v) is 5.48. The van der Waals surface area contributed by atoms with E-state index in [0.29, 0.717) is 42.4 Å². The van der Waals surface area contributed by atoms with Gasteiger partial charge in [0.25, 0.3) is 5.91 Å². The molecule has 168 valence electrons. The molecular weight excluding hydrogens is 413 g/mol. The summed E-state index contributed by atoms with van der Waals surface area (Å²) in [6, 6.07) is 11.1. The summed E-state index contributed by atoms with van der Waals surface area (Å²) in [5.41, 5.74) is 1.91. The summed E-state index contributed by atoms with van der Waals surface area (Å²) in [5.74, 6) is -0.153. The summed E-state index contributed by atoms with van der Waals surface area (Å²) in [6.07, 6.45) is 2.43. The van der Waals surface area contributed by atoms with E-state index in [2.05, 4.69) is 10.2 Å². The molecule has 7 nitrogen and oxygen atoms in total. The van der Waals surface area contributed by atoms with Crippen LogP contribution in [0, 0.1) is 5.82 Å². The lowest BCUT2D eigenvalue weighted by molar-refractivity contribution is -0.125. The zero-order valence-corrected chi connectivity index (χ0v) is 17.9. The van der Waals surface area contributed by atoms with Gasteiger partial charge in [-0.15, -0.1) is 0 Å². The van der Waals surface area contributed by atoms with E-state index < -0.39 is 6.10 Å². The Morgan fingerprint density at radius 2 is 1.91 bits per heavy atom. The van der Waals surface area contributed by atoms with Crippen LogP contribution >= 0.6 is 0 Å². The predicted octanol–water partition coefficient (Wildman–Crippen LogP) is 2.92. The molecule has 0 spiro atoms. The minimum Gasteiger partial charge on any atom is -0.479 e. The fourth-order valence-electron chi connectivity index (χ4n) is 3.71. The number of fused-ring (bicyclic) bond motifs is 1. The van der Waals surface area contributed by atoms with Crippen molar-refractivity contribution in [2.75, 3.05) is 49.6 Å². The molecule has 0 radical (unpaired) electrons. The van der Waals surface area contributed by atoms with Crippen LogP contribution in [0.5, 0.6) is 5.75 Å². The van der Waals surface area contributed by atoms with Crippen molar-refractivity contribution in [3.05, 3.63) is 59.9 Å². The second kappa shape index (κ2) is 9.93. The average molecular weight is 439 g/mol. The molecule has 0 saturated carbocycles. The number of rotatable bonds is 6. The maximum Gasteiger partial charge on any atom is 0.267 e. The van der Waals surface area contributed by atoms with Gasteiger partial charge >= 0.3 is 0 Å². The SMILES string of the molecule is CC1Oc2ccc(NC(=O)/C=C/c3ccc(F)cc3)cc2N(CCN2CCOCC2)C1=O. The van der Waals surface area contributed by atoms with Crippen molar-refractivity contribution in [1.82, 2.24) is 4.90 Å². The first kappa shape index (κ1) is 22.0. The van der Waals surface area contributed by atoms with E-state index in [-0.39, 0.29) is 17.6 Å². The zero-order chi connectivity index (χ0) is 22.5. The highest BCUT2D eigenvalue weighted by Gasteiger charge is 2.32. The number of amides is 2. The summed E-state index contributed by atoms with van der Waals surface area (Å²) >= 11 is 0. The minimum absolute atomic E-state index is 0.106. The summed E-state index contributed by atoms with van der Waals surface area (Å²) in [5, 5.41) is 2.81. The molecule has 2 aromatic carbocycles. The molecule has 1 N–H and O–H groups in total. The minimum atomic E-state index is -0.564. The lowest BCUT2D eigenvalue weighted by atomic mass is 10.1. The Bertz CT molecular complexity index is 1000. The molecule has 4 rings (SSSR count). The van der Waals surface area contributed by atoms with Crippen LogP contribution in [0.4, 0.5) is 15.8 Å². The largest absolute Gasteiger partial charge is 0.479 e. The first-order valence-corrected chi connectivity index (χ1v) is 10.7. The predicted molar refractivity (Wildman–Crippen MR) is 120 cm³/mol. The molecule has 1 unspecified atom stereocenters. The average Bonchev–Trinajstić information content (AvgIpc) is 2.80. The van der Waals surface area contributed by atoms with Crippen LogP contribution in [-0.2, 0) is 14.3 Å². The summed E-state index contributed by atoms with van der Waals surface area (Å²) in [4.78, 5) is 29.2. The normalized spacial score (nSPS) is 19.0. The van der Waals surface area contributed by atoms with Crippen LogP contribution in [0.2, 0.25) is 0 Å². The number of anilines is 2. The molecule has 1 fully saturated rings. The number of carbonyl (C=O) groups excluding carboxylic acids is 2. The van der Waals surface area contributed by atoms with Gasteiger partial charge < -0.3 is 19.7 Å². The number of halogens is 1. The van der Waals surface area contributed by atoms with E-state index in [1.54, 1.807) is 48.2 Å². The topological polar surface area (TPSA) is 71.1 Å². The summed E-state index contributed by atoms with van der Waals surface area (Å²) < 4.78 is 24.2. The number of ether oxygens (including phenoxy) is 2. The van der Waals surface area contributed by atoms with Crippen LogP contribution < -0.4 is 15.0 Å². The van der Waals surface area contributed by atoms with Gasteiger partial charge in [-0.05, 0) is 48.9 Å². The van der Waals surface area contributed by atoms with Crippen molar-refractivity contribution in [2.24, 2.45) is 0 Å². The maximum atomic E-state index is 13.0. The monoisotopic (exact) mass is 439 g/mol. The quantitative estimate of drug-likeness (QED) is 0.701. The van der Waals surface area contributed by atoms with Gasteiger partial charge in [0.1, 0.15) is 11.6 Å². The second-order valence-corrected chi connectivity index (χ2v) is 7.76. The van der Waals surface area contributed by atoms with E-state index in [0.717, 1.165) is 19.6 Å². The van der Waals surface area contributed by atoms with Crippen LogP contribution in [0.3, 0.4) is 0 Å². The number of hydrogen-bond donors (Lipinski definition) is 1. The van der Waals surface area contributed by atoms with Gasteiger partial charge in [0.2, 0.25) is 5.91 Å². The standard InChI is InChI=1S/C24H26FN3O4/c1-17-24(30)28(11-10-27-12-14-31-15-13-27)21-16-20(7-8-22(21)32-17)26-23(29)9-4-18-2-5-19(25)6-3-18/h2-9,16-17H,10-15H2,1H3,(H,26,29)/b9-4+. The van der Waals surface area contributed by atoms with Crippen molar-refractivity contribution in [2.45, 2.75) is 13.0 Å². The smallest absolute Gasteiger partial charge is 0.267 e. The van der Waals surface area contributed by atoms with Crippen LogP contribution in [-0.4, -0.2) is 62.2 Å². The number of nitrogens with zero attached hydrogens (tertiary/aromatic N) is 2. The molecule has 2 aromatic rings. The van der Waals surface area contributed by atoms with E-state index in [1.165, 1.54) is 18.2 Å². The Labute approximate surface area is 186 Å². The van der Waals surface area contributed by atoms with Crippen molar-refractivity contribution in [3.63, 3.8) is 0 Å². The van der Waals surface area contributed by atoms with E-state index >= 15 is 0 Å². The molecule has 2 aliphatic rings. The van der Waals surface area contributed by atoms with Gasteiger partial charge in [-0.2, -0.15) is 0 Å². The molecule has 2 amide bonds. The third-order valence-electron chi connectivity index (χ3n) is 5.48. The van der Waals surface area contributed by atoms with E-state index in [1.807, 2.05) is 0 Å². The first-order chi connectivity index (χ1) is 15.5. The number of morpholine rings is 1.